The van der Waals surface area contributed by atoms with E-state index < -0.39 is 15.9 Å². The van der Waals surface area contributed by atoms with E-state index in [2.05, 4.69) is 28.5 Å². The number of anilines is 1. The number of rotatable bonds is 9. The second kappa shape index (κ2) is 11.7. The number of sulfonamides is 1. The summed E-state index contributed by atoms with van der Waals surface area (Å²) in [7, 11) is -4.31. The normalized spacial score (nSPS) is 11.3. The van der Waals surface area contributed by atoms with Crippen LogP contribution in [0.3, 0.4) is 0 Å². The minimum absolute atomic E-state index is 0. The number of hydrogen-bond acceptors (Lipinski definition) is 8. The molecule has 0 aliphatic rings. The molecule has 214 valence electrons. The highest BCUT2D eigenvalue weighted by Gasteiger charge is 2.25. The lowest BCUT2D eigenvalue weighted by atomic mass is 10.1. The van der Waals surface area contributed by atoms with Gasteiger partial charge in [0.15, 0.2) is 5.03 Å². The van der Waals surface area contributed by atoms with Gasteiger partial charge in [-0.15, -0.1) is 0 Å². The van der Waals surface area contributed by atoms with Gasteiger partial charge in [-0.05, 0) is 74.2 Å². The van der Waals surface area contributed by atoms with Crippen LogP contribution in [0.2, 0.25) is 0 Å². The monoisotopic (exact) mass is 566 g/mol. The van der Waals surface area contributed by atoms with Crippen molar-refractivity contribution in [2.45, 2.75) is 39.6 Å². The Morgan fingerprint density at radius 1 is 0.975 bits per heavy atom. The molecule has 0 bridgehead atoms. The van der Waals surface area contributed by atoms with Gasteiger partial charge in [-0.3, -0.25) is 4.79 Å². The number of amides is 1. The lowest BCUT2D eigenvalue weighted by Gasteiger charge is -2.16. The Labute approximate surface area is 238 Å². The summed E-state index contributed by atoms with van der Waals surface area (Å²) in [5.74, 6) is 0.612. The number of ether oxygens (including phenoxy) is 2. The molecule has 4 rings (SSSR count). The second-order valence-electron chi connectivity index (χ2n) is 9.95. The number of nitrogens with zero attached hydrogens (tertiary/aromatic N) is 2. The lowest BCUT2D eigenvalue weighted by molar-refractivity contribution is 0.0978. The van der Waals surface area contributed by atoms with Gasteiger partial charge in [0.2, 0.25) is 5.88 Å². The highest BCUT2D eigenvalue weighted by Crippen LogP contribution is 2.33. The van der Waals surface area contributed by atoms with Gasteiger partial charge in [0.25, 0.3) is 15.9 Å². The van der Waals surface area contributed by atoms with Crippen molar-refractivity contribution in [3.8, 4) is 28.6 Å². The van der Waals surface area contributed by atoms with E-state index in [1.165, 1.54) is 24.3 Å². The maximum Gasteiger partial charge on any atom is 0.281 e. The molecule has 0 saturated carbocycles. The van der Waals surface area contributed by atoms with Gasteiger partial charge >= 0.3 is 0 Å². The minimum atomic E-state index is -4.31. The Hall–Kier alpha value is -4.44. The third-order valence-corrected chi connectivity index (χ3v) is 7.10. The van der Waals surface area contributed by atoms with Gasteiger partial charge in [-0.1, -0.05) is 49.7 Å². The van der Waals surface area contributed by atoms with E-state index in [0.29, 0.717) is 29.7 Å². The molecule has 2 aromatic carbocycles. The first-order chi connectivity index (χ1) is 18.9. The Kier molecular flexibility index (Phi) is 8.39. The van der Waals surface area contributed by atoms with Crippen LogP contribution in [0.5, 0.6) is 17.4 Å². The third kappa shape index (κ3) is 6.76. The van der Waals surface area contributed by atoms with Crippen molar-refractivity contribution >= 4 is 21.7 Å². The smallest absolute Gasteiger partial charge is 0.281 e. The van der Waals surface area contributed by atoms with E-state index in [-0.39, 0.29) is 26.6 Å². The fourth-order valence-corrected chi connectivity index (χ4v) is 5.04. The number of carbonyl (C=O) groups excluding carboxylic acids is 1. The highest BCUT2D eigenvalue weighted by atomic mass is 32.2. The molecule has 0 radical (unpaired) electrons. The maximum atomic E-state index is 13.3. The van der Waals surface area contributed by atoms with E-state index in [1.54, 1.807) is 6.07 Å². The predicted octanol–water partition coefficient (Wildman–Crippen LogP) is 6.33. The lowest BCUT2D eigenvalue weighted by Crippen LogP contribution is -2.31. The summed E-state index contributed by atoms with van der Waals surface area (Å²) in [6.45, 7) is 10.5. The van der Waals surface area contributed by atoms with Gasteiger partial charge in [0, 0.05) is 9.84 Å². The van der Waals surface area contributed by atoms with E-state index in [0.717, 1.165) is 22.3 Å². The summed E-state index contributed by atoms with van der Waals surface area (Å²) in [5.41, 5.74) is 9.57. The summed E-state index contributed by atoms with van der Waals surface area (Å²) >= 11 is 0. The Morgan fingerprint density at radius 2 is 1.68 bits per heavy atom. The Morgan fingerprint density at radius 3 is 2.35 bits per heavy atom. The molecule has 0 unspecified atom stereocenters. The molecule has 9 nitrogen and oxygen atoms in total. The van der Waals surface area contributed by atoms with Gasteiger partial charge in [0.05, 0.1) is 12.3 Å². The minimum Gasteiger partial charge on any atom is -0.493 e. The van der Waals surface area contributed by atoms with Crippen LogP contribution >= 0.6 is 0 Å². The van der Waals surface area contributed by atoms with Crippen molar-refractivity contribution in [2.24, 2.45) is 5.92 Å². The molecule has 3 N–H and O–H groups in total. The Bertz CT molecular complexity index is 1660. The summed E-state index contributed by atoms with van der Waals surface area (Å²) in [6, 6.07) is 18.6. The summed E-state index contributed by atoms with van der Waals surface area (Å²) in [6.07, 6.45) is 0. The first-order valence-electron chi connectivity index (χ1n) is 12.7. The fourth-order valence-electron chi connectivity index (χ4n) is 4.09. The van der Waals surface area contributed by atoms with Crippen molar-refractivity contribution in [3.05, 3.63) is 89.0 Å². The van der Waals surface area contributed by atoms with Crippen LogP contribution in [0.25, 0.3) is 11.3 Å². The Balaban J connectivity index is 0.00000308. The van der Waals surface area contributed by atoms with Crippen LogP contribution in [0.15, 0.2) is 71.8 Å². The average Bonchev–Trinajstić information content (AvgIpc) is 2.89. The highest BCUT2D eigenvalue weighted by molar-refractivity contribution is 7.90. The summed E-state index contributed by atoms with van der Waals surface area (Å²) in [4.78, 5) is 21.8. The van der Waals surface area contributed by atoms with Crippen molar-refractivity contribution in [3.63, 3.8) is 0 Å². The molecule has 0 spiro atoms. The zero-order valence-corrected chi connectivity index (χ0v) is 23.9. The molecule has 0 aliphatic carbocycles. The second-order valence-corrected chi connectivity index (χ2v) is 11.6. The van der Waals surface area contributed by atoms with Crippen molar-refractivity contribution < 1.29 is 27.0 Å². The molecular weight excluding hydrogens is 528 g/mol. The first kappa shape index (κ1) is 28.6. The van der Waals surface area contributed by atoms with E-state index in [1.807, 2.05) is 57.2 Å². The van der Waals surface area contributed by atoms with Crippen molar-refractivity contribution in [2.75, 3.05) is 12.3 Å². The quantitative estimate of drug-likeness (QED) is 0.240. The SMILES string of the molecule is Cc1cc(C)c(Oc2nc(-c3cccc(OCC(C)C)c3)ccc2C(=O)NS(=O)(=O)c2cccc(N)n2)c(C)c1.[HH].[HH].[HH]. The molecule has 2 aromatic heterocycles. The fraction of sp³-hybridized carbons (Fsp3) is 0.233. The number of benzene rings is 2. The van der Waals surface area contributed by atoms with Gasteiger partial charge in [-0.25, -0.2) is 14.7 Å². The maximum absolute atomic E-state index is 13.3. The third-order valence-electron chi connectivity index (χ3n) is 5.87. The summed E-state index contributed by atoms with van der Waals surface area (Å²) in [5, 5.41) is -0.378. The van der Waals surface area contributed by atoms with Crippen LogP contribution < -0.4 is 19.9 Å². The standard InChI is InChI=1S/C30H32N4O5S.3H2/c1-18(2)17-38-23-9-6-8-22(16-23)25-13-12-24(29(35)34-40(36,37)27-11-7-10-26(31)33-27)30(32-25)39-28-20(4)14-19(3)15-21(28)5;;;/h6-16,18H,17H2,1-5H3,(H2,31,33)(H,34,35);3*1H. The molecular formula is C30H38N4O5S. The zero-order chi connectivity index (χ0) is 29.0. The number of pyridine rings is 2. The van der Waals surface area contributed by atoms with E-state index in [4.69, 9.17) is 15.2 Å². The number of hydrogen-bond donors (Lipinski definition) is 2. The number of nitrogen functional groups attached to an aromatic ring is 1. The molecule has 0 aliphatic heterocycles. The van der Waals surface area contributed by atoms with Crippen LogP contribution in [-0.4, -0.2) is 30.9 Å². The van der Waals surface area contributed by atoms with Crippen molar-refractivity contribution in [1.82, 2.24) is 14.7 Å². The topological polar surface area (TPSA) is 134 Å². The zero-order valence-electron chi connectivity index (χ0n) is 23.1. The number of nitrogens with two attached hydrogens (primary N) is 1. The van der Waals surface area contributed by atoms with Gasteiger partial charge in [0.1, 0.15) is 22.9 Å². The van der Waals surface area contributed by atoms with Crippen LogP contribution in [0.1, 0.15) is 45.2 Å². The van der Waals surface area contributed by atoms with E-state index >= 15 is 0 Å². The molecule has 0 fully saturated rings. The largest absolute Gasteiger partial charge is 0.493 e. The predicted molar refractivity (Wildman–Crippen MR) is 160 cm³/mol. The van der Waals surface area contributed by atoms with Crippen LogP contribution in [0, 0.1) is 26.7 Å². The number of nitrogens with one attached hydrogen (secondary N) is 1. The van der Waals surface area contributed by atoms with Gasteiger partial charge in [-0.2, -0.15) is 8.42 Å². The molecule has 0 atom stereocenters. The number of carbonyl (C=O) groups is 1. The number of aryl methyl sites for hydroxylation is 3. The molecule has 0 saturated heterocycles. The van der Waals surface area contributed by atoms with E-state index in [9.17, 15) is 13.2 Å². The average molecular weight is 567 g/mol. The van der Waals surface area contributed by atoms with Crippen LogP contribution in [0.4, 0.5) is 5.82 Å². The number of aromatic nitrogens is 2. The molecule has 1 amide bonds. The molecule has 4 aromatic rings. The molecule has 2 heterocycles. The summed E-state index contributed by atoms with van der Waals surface area (Å²) < 4.78 is 39.9. The first-order valence-corrected chi connectivity index (χ1v) is 14.2. The van der Waals surface area contributed by atoms with Crippen LogP contribution in [-0.2, 0) is 10.0 Å². The van der Waals surface area contributed by atoms with Gasteiger partial charge < -0.3 is 15.2 Å². The molecule has 10 heteroatoms. The molecule has 40 heavy (non-hydrogen) atoms. The van der Waals surface area contributed by atoms with Crippen molar-refractivity contribution in [1.29, 1.82) is 0 Å².